The number of rotatable bonds is 2. The maximum atomic E-state index is 3.60. The summed E-state index contributed by atoms with van der Waals surface area (Å²) in [6.45, 7) is 0. The van der Waals surface area contributed by atoms with E-state index in [-0.39, 0.29) is 0 Å². The largest absolute Gasteiger partial charge is 0.309 e. The third-order valence-electron chi connectivity index (χ3n) is 4.82. The fourth-order valence-corrected chi connectivity index (χ4v) is 3.98. The van der Waals surface area contributed by atoms with E-state index in [2.05, 4.69) is 118 Å². The van der Waals surface area contributed by atoms with Crippen LogP contribution in [-0.4, -0.2) is 4.57 Å². The molecule has 0 saturated heterocycles. The molecule has 0 aliphatic carbocycles. The van der Waals surface area contributed by atoms with E-state index in [0.717, 1.165) is 4.47 Å². The number of hydrogen-bond acceptors (Lipinski definition) is 0. The highest BCUT2D eigenvalue weighted by Crippen LogP contribution is 2.33. The molecule has 0 amide bonds. The Morgan fingerprint density at radius 2 is 1.35 bits per heavy atom. The van der Waals surface area contributed by atoms with Gasteiger partial charge in [0.2, 0.25) is 0 Å². The Kier molecular flexibility index (Phi) is 3.65. The quantitative estimate of drug-likeness (QED) is 0.296. The van der Waals surface area contributed by atoms with Crippen molar-refractivity contribution in [2.75, 3.05) is 0 Å². The lowest BCUT2D eigenvalue weighted by Gasteiger charge is -2.12. The summed E-state index contributed by atoms with van der Waals surface area (Å²) in [4.78, 5) is 0. The summed E-state index contributed by atoms with van der Waals surface area (Å²) in [7, 11) is 0. The predicted molar refractivity (Wildman–Crippen MR) is 114 cm³/mol. The standard InChI is InChI=1S/C24H16BrN/c25-21-11-13-23-20(14-21)16-24(18-7-2-1-3-8-18)26(23)22-12-10-17-6-4-5-9-19(17)15-22/h1-16H. The van der Waals surface area contributed by atoms with Crippen molar-refractivity contribution < 1.29 is 0 Å². The number of aromatic nitrogens is 1. The summed E-state index contributed by atoms with van der Waals surface area (Å²) in [5, 5.41) is 3.74. The zero-order valence-electron chi connectivity index (χ0n) is 14.1. The van der Waals surface area contributed by atoms with Gasteiger partial charge in [0, 0.05) is 15.5 Å². The van der Waals surface area contributed by atoms with Crippen LogP contribution in [0.3, 0.4) is 0 Å². The smallest absolute Gasteiger partial charge is 0.0540 e. The number of halogens is 1. The van der Waals surface area contributed by atoms with Gasteiger partial charge < -0.3 is 4.57 Å². The van der Waals surface area contributed by atoms with Gasteiger partial charge in [0.25, 0.3) is 0 Å². The Morgan fingerprint density at radius 3 is 2.19 bits per heavy atom. The Hall–Kier alpha value is -2.84. The van der Waals surface area contributed by atoms with Crippen molar-refractivity contribution in [3.63, 3.8) is 0 Å². The predicted octanol–water partition coefficient (Wildman–Crippen LogP) is 7.21. The molecule has 5 rings (SSSR count). The molecule has 0 radical (unpaired) electrons. The van der Waals surface area contributed by atoms with Crippen molar-refractivity contribution in [3.05, 3.63) is 102 Å². The third-order valence-corrected chi connectivity index (χ3v) is 5.32. The number of nitrogens with zero attached hydrogens (tertiary/aromatic N) is 1. The fraction of sp³-hybridized carbons (Fsp3) is 0. The molecule has 0 bridgehead atoms. The molecule has 1 heterocycles. The van der Waals surface area contributed by atoms with Crippen LogP contribution in [0.4, 0.5) is 0 Å². The Bertz CT molecular complexity index is 1240. The SMILES string of the molecule is Brc1ccc2c(c1)cc(-c1ccccc1)n2-c1ccc2ccccc2c1. The van der Waals surface area contributed by atoms with Crippen LogP contribution >= 0.6 is 15.9 Å². The molecule has 26 heavy (non-hydrogen) atoms. The fourth-order valence-electron chi connectivity index (χ4n) is 3.60. The summed E-state index contributed by atoms with van der Waals surface area (Å²) < 4.78 is 3.45. The molecule has 0 saturated carbocycles. The van der Waals surface area contributed by atoms with Crippen molar-refractivity contribution >= 4 is 37.6 Å². The summed E-state index contributed by atoms with van der Waals surface area (Å²) in [5.41, 5.74) is 4.81. The molecule has 0 N–H and O–H groups in total. The van der Waals surface area contributed by atoms with Crippen molar-refractivity contribution in [1.29, 1.82) is 0 Å². The zero-order chi connectivity index (χ0) is 17.5. The summed E-state index contributed by atoms with van der Waals surface area (Å²) >= 11 is 3.60. The second kappa shape index (κ2) is 6.15. The highest BCUT2D eigenvalue weighted by Gasteiger charge is 2.13. The van der Waals surface area contributed by atoms with Gasteiger partial charge in [-0.3, -0.25) is 0 Å². The second-order valence-electron chi connectivity index (χ2n) is 6.47. The van der Waals surface area contributed by atoms with Crippen LogP contribution < -0.4 is 0 Å². The van der Waals surface area contributed by atoms with Crippen LogP contribution in [0.5, 0.6) is 0 Å². The van der Waals surface area contributed by atoms with E-state index in [1.54, 1.807) is 0 Å². The molecular weight excluding hydrogens is 382 g/mol. The molecule has 0 atom stereocenters. The first kappa shape index (κ1) is 15.4. The minimum atomic E-state index is 1.10. The van der Waals surface area contributed by atoms with Crippen LogP contribution in [0.15, 0.2) is 102 Å². The van der Waals surface area contributed by atoms with Crippen molar-refractivity contribution in [3.8, 4) is 16.9 Å². The van der Waals surface area contributed by atoms with E-state index >= 15 is 0 Å². The van der Waals surface area contributed by atoms with Crippen LogP contribution in [-0.2, 0) is 0 Å². The summed E-state index contributed by atoms with van der Waals surface area (Å²) in [5.74, 6) is 0. The topological polar surface area (TPSA) is 4.93 Å². The molecule has 5 aromatic rings. The molecule has 0 unspecified atom stereocenters. The lowest BCUT2D eigenvalue weighted by Crippen LogP contribution is -1.96. The van der Waals surface area contributed by atoms with E-state index in [0.29, 0.717) is 0 Å². The van der Waals surface area contributed by atoms with Crippen molar-refractivity contribution in [2.24, 2.45) is 0 Å². The van der Waals surface area contributed by atoms with Gasteiger partial charge in [-0.05, 0) is 52.7 Å². The maximum Gasteiger partial charge on any atom is 0.0540 e. The monoisotopic (exact) mass is 397 g/mol. The van der Waals surface area contributed by atoms with E-state index < -0.39 is 0 Å². The van der Waals surface area contributed by atoms with Gasteiger partial charge in [0.05, 0.1) is 11.2 Å². The lowest BCUT2D eigenvalue weighted by molar-refractivity contribution is 1.14. The molecule has 1 nitrogen and oxygen atoms in total. The van der Waals surface area contributed by atoms with Gasteiger partial charge in [-0.15, -0.1) is 0 Å². The van der Waals surface area contributed by atoms with Gasteiger partial charge in [0.1, 0.15) is 0 Å². The third kappa shape index (κ3) is 2.54. The van der Waals surface area contributed by atoms with Gasteiger partial charge in [-0.1, -0.05) is 76.6 Å². The van der Waals surface area contributed by atoms with Crippen molar-refractivity contribution in [1.82, 2.24) is 4.57 Å². The van der Waals surface area contributed by atoms with Gasteiger partial charge in [-0.2, -0.15) is 0 Å². The number of hydrogen-bond donors (Lipinski definition) is 0. The van der Waals surface area contributed by atoms with Crippen LogP contribution in [0, 0.1) is 0 Å². The van der Waals surface area contributed by atoms with Gasteiger partial charge >= 0.3 is 0 Å². The first-order valence-electron chi connectivity index (χ1n) is 8.65. The molecule has 0 aliphatic heterocycles. The highest BCUT2D eigenvalue weighted by molar-refractivity contribution is 9.10. The van der Waals surface area contributed by atoms with Crippen LogP contribution in [0.25, 0.3) is 38.6 Å². The minimum absolute atomic E-state index is 1.10. The van der Waals surface area contributed by atoms with Crippen LogP contribution in [0.1, 0.15) is 0 Å². The maximum absolute atomic E-state index is 3.60. The summed E-state index contributed by atoms with van der Waals surface area (Å²) in [6, 6.07) is 34.5. The first-order valence-corrected chi connectivity index (χ1v) is 9.44. The molecule has 0 fully saturated rings. The Labute approximate surface area is 160 Å². The Balaban J connectivity index is 1.84. The van der Waals surface area contributed by atoms with E-state index in [1.807, 2.05) is 0 Å². The second-order valence-corrected chi connectivity index (χ2v) is 7.38. The van der Waals surface area contributed by atoms with E-state index in [4.69, 9.17) is 0 Å². The number of benzene rings is 4. The zero-order valence-corrected chi connectivity index (χ0v) is 15.6. The Morgan fingerprint density at radius 1 is 0.577 bits per heavy atom. The molecule has 124 valence electrons. The van der Waals surface area contributed by atoms with Gasteiger partial charge in [0.15, 0.2) is 0 Å². The molecule has 0 aliphatic rings. The van der Waals surface area contributed by atoms with E-state index in [9.17, 15) is 0 Å². The molecule has 4 aromatic carbocycles. The van der Waals surface area contributed by atoms with Gasteiger partial charge in [-0.25, -0.2) is 0 Å². The highest BCUT2D eigenvalue weighted by atomic mass is 79.9. The van der Waals surface area contributed by atoms with Crippen LogP contribution in [0.2, 0.25) is 0 Å². The molecule has 2 heteroatoms. The summed E-state index contributed by atoms with van der Waals surface area (Å²) in [6.07, 6.45) is 0. The van der Waals surface area contributed by atoms with E-state index in [1.165, 1.54) is 38.6 Å². The number of fused-ring (bicyclic) bond motifs is 2. The molecule has 1 aromatic heterocycles. The average Bonchev–Trinajstić information content (AvgIpc) is 3.07. The van der Waals surface area contributed by atoms with Crippen molar-refractivity contribution in [2.45, 2.75) is 0 Å². The molecular formula is C24H16BrN. The molecule has 0 spiro atoms. The normalized spacial score (nSPS) is 11.3. The first-order chi connectivity index (χ1) is 12.8. The average molecular weight is 398 g/mol. The minimum Gasteiger partial charge on any atom is -0.309 e. The lowest BCUT2D eigenvalue weighted by atomic mass is 10.1.